The normalized spacial score (nSPS) is 11.7. The molecule has 0 fully saturated rings. The average Bonchev–Trinajstić information content (AvgIpc) is 3.36. The number of aryl methyl sites for hydroxylation is 1. The lowest BCUT2D eigenvalue weighted by Gasteiger charge is -2.21. The largest absolute Gasteiger partial charge is 0.401 e. The van der Waals surface area contributed by atoms with Gasteiger partial charge in [0.2, 0.25) is 10.0 Å². The topological polar surface area (TPSA) is 118 Å². The van der Waals surface area contributed by atoms with Crippen molar-refractivity contribution < 1.29 is 17.6 Å². The molecule has 0 bridgehead atoms. The van der Waals surface area contributed by atoms with Crippen LogP contribution in [0.1, 0.15) is 42.1 Å². The highest BCUT2D eigenvalue weighted by atomic mass is 32.2. The van der Waals surface area contributed by atoms with Crippen LogP contribution in [-0.4, -0.2) is 46.9 Å². The molecule has 0 atom stereocenters. The van der Waals surface area contributed by atoms with Crippen LogP contribution in [0, 0.1) is 6.92 Å². The van der Waals surface area contributed by atoms with Crippen LogP contribution in [0.15, 0.2) is 39.0 Å². The number of sulfonamides is 1. The molecule has 11 heteroatoms. The summed E-state index contributed by atoms with van der Waals surface area (Å²) < 4.78 is 32.5. The van der Waals surface area contributed by atoms with Gasteiger partial charge in [-0.1, -0.05) is 18.9 Å². The SMILES string of the molecule is CCCN(CCC)S(=O)(=O)c1ccc(C(=O)Nc2nnc(-c3csc(C)n3)o2)cc1. The lowest BCUT2D eigenvalue weighted by atomic mass is 10.2. The third-order valence-electron chi connectivity index (χ3n) is 4.18. The molecule has 9 nitrogen and oxygen atoms in total. The number of thiazole rings is 1. The van der Waals surface area contributed by atoms with Crippen molar-refractivity contribution in [3.63, 3.8) is 0 Å². The molecule has 0 unspecified atom stereocenters. The first-order valence-electron chi connectivity index (χ1n) is 9.52. The van der Waals surface area contributed by atoms with Gasteiger partial charge in [0.25, 0.3) is 11.8 Å². The average molecular weight is 450 g/mol. The van der Waals surface area contributed by atoms with E-state index in [0.717, 1.165) is 17.8 Å². The first kappa shape index (κ1) is 22.1. The van der Waals surface area contributed by atoms with Crippen molar-refractivity contribution in [3.05, 3.63) is 40.2 Å². The Hall–Kier alpha value is -2.63. The highest BCUT2D eigenvalue weighted by Crippen LogP contribution is 2.22. The number of nitrogens with zero attached hydrogens (tertiary/aromatic N) is 4. The van der Waals surface area contributed by atoms with Crippen LogP contribution in [0.25, 0.3) is 11.6 Å². The minimum atomic E-state index is -3.60. The summed E-state index contributed by atoms with van der Waals surface area (Å²) in [5, 5.41) is 12.8. The Bertz CT molecular complexity index is 1100. The van der Waals surface area contributed by atoms with Crippen LogP contribution >= 0.6 is 11.3 Å². The smallest absolute Gasteiger partial charge is 0.322 e. The van der Waals surface area contributed by atoms with E-state index in [1.807, 2.05) is 20.8 Å². The molecule has 0 aliphatic heterocycles. The van der Waals surface area contributed by atoms with Gasteiger partial charge in [0.1, 0.15) is 5.69 Å². The second-order valence-electron chi connectivity index (χ2n) is 6.55. The second kappa shape index (κ2) is 9.45. The van der Waals surface area contributed by atoms with E-state index in [2.05, 4.69) is 20.5 Å². The Labute approximate surface area is 179 Å². The molecule has 160 valence electrons. The Balaban J connectivity index is 1.71. The maximum Gasteiger partial charge on any atom is 0.322 e. The molecule has 2 aromatic heterocycles. The van der Waals surface area contributed by atoms with Crippen molar-refractivity contribution in [2.24, 2.45) is 0 Å². The first-order chi connectivity index (χ1) is 14.3. The highest BCUT2D eigenvalue weighted by Gasteiger charge is 2.23. The summed E-state index contributed by atoms with van der Waals surface area (Å²) in [5.74, 6) is -0.273. The van der Waals surface area contributed by atoms with Crippen molar-refractivity contribution in [2.45, 2.75) is 38.5 Å². The van der Waals surface area contributed by atoms with E-state index in [1.54, 1.807) is 5.38 Å². The number of benzene rings is 1. The van der Waals surface area contributed by atoms with Crippen LogP contribution in [0.3, 0.4) is 0 Å². The lowest BCUT2D eigenvalue weighted by Crippen LogP contribution is -2.32. The highest BCUT2D eigenvalue weighted by molar-refractivity contribution is 7.89. The van der Waals surface area contributed by atoms with Crippen LogP contribution in [-0.2, 0) is 10.0 Å². The lowest BCUT2D eigenvalue weighted by molar-refractivity contribution is 0.102. The number of rotatable bonds is 9. The van der Waals surface area contributed by atoms with E-state index in [0.29, 0.717) is 18.8 Å². The van der Waals surface area contributed by atoms with Crippen LogP contribution in [0.4, 0.5) is 6.01 Å². The number of anilines is 1. The number of carbonyl (C=O) groups excluding carboxylic acids is 1. The van der Waals surface area contributed by atoms with Crippen LogP contribution in [0.5, 0.6) is 0 Å². The fourth-order valence-corrected chi connectivity index (χ4v) is 5.00. The number of carbonyl (C=O) groups is 1. The first-order valence-corrected chi connectivity index (χ1v) is 11.8. The zero-order valence-electron chi connectivity index (χ0n) is 17.0. The molecule has 0 saturated carbocycles. The Kier molecular flexibility index (Phi) is 6.95. The fraction of sp³-hybridized carbons (Fsp3) is 0.368. The monoisotopic (exact) mass is 449 g/mol. The van der Waals surface area contributed by atoms with Crippen LogP contribution < -0.4 is 5.32 Å². The minimum absolute atomic E-state index is 0.0607. The number of hydrogen-bond acceptors (Lipinski definition) is 8. The molecular weight excluding hydrogens is 426 g/mol. The maximum atomic E-state index is 12.8. The van der Waals surface area contributed by atoms with E-state index in [9.17, 15) is 13.2 Å². The van der Waals surface area contributed by atoms with E-state index in [4.69, 9.17) is 4.42 Å². The molecule has 1 aromatic carbocycles. The summed E-state index contributed by atoms with van der Waals surface area (Å²) in [6.07, 6.45) is 1.46. The quantitative estimate of drug-likeness (QED) is 0.530. The molecule has 3 aromatic rings. The number of aromatic nitrogens is 3. The molecule has 0 saturated heterocycles. The zero-order valence-corrected chi connectivity index (χ0v) is 18.6. The van der Waals surface area contributed by atoms with E-state index < -0.39 is 15.9 Å². The van der Waals surface area contributed by atoms with E-state index in [1.165, 1.54) is 39.9 Å². The van der Waals surface area contributed by atoms with E-state index in [-0.39, 0.29) is 22.4 Å². The second-order valence-corrected chi connectivity index (χ2v) is 9.55. The van der Waals surface area contributed by atoms with Crippen molar-refractivity contribution in [2.75, 3.05) is 18.4 Å². The van der Waals surface area contributed by atoms with Gasteiger partial charge in [-0.15, -0.1) is 16.4 Å². The predicted molar refractivity (Wildman–Crippen MR) is 114 cm³/mol. The molecule has 0 aliphatic carbocycles. The molecule has 30 heavy (non-hydrogen) atoms. The minimum Gasteiger partial charge on any atom is -0.401 e. The van der Waals surface area contributed by atoms with Gasteiger partial charge < -0.3 is 4.42 Å². The number of amides is 1. The van der Waals surface area contributed by atoms with Gasteiger partial charge >= 0.3 is 6.01 Å². The van der Waals surface area contributed by atoms with Gasteiger partial charge in [0.05, 0.1) is 9.90 Å². The van der Waals surface area contributed by atoms with Gasteiger partial charge in [-0.05, 0) is 44.0 Å². The van der Waals surface area contributed by atoms with Gasteiger partial charge in [-0.2, -0.15) is 4.31 Å². The maximum absolute atomic E-state index is 12.8. The summed E-state index contributed by atoms with van der Waals surface area (Å²) in [6, 6.07) is 5.72. The summed E-state index contributed by atoms with van der Waals surface area (Å²) in [5.41, 5.74) is 0.819. The summed E-state index contributed by atoms with van der Waals surface area (Å²) >= 11 is 1.45. The van der Waals surface area contributed by atoms with Crippen molar-refractivity contribution in [1.82, 2.24) is 19.5 Å². The number of nitrogens with one attached hydrogen (secondary N) is 1. The van der Waals surface area contributed by atoms with Crippen molar-refractivity contribution >= 4 is 33.3 Å². The summed E-state index contributed by atoms with van der Waals surface area (Å²) in [6.45, 7) is 6.64. The van der Waals surface area contributed by atoms with Crippen molar-refractivity contribution in [1.29, 1.82) is 0 Å². The molecule has 1 N–H and O–H groups in total. The molecule has 1 amide bonds. The molecule has 0 aliphatic rings. The summed E-state index contributed by atoms with van der Waals surface area (Å²) in [4.78, 5) is 16.9. The number of hydrogen-bond donors (Lipinski definition) is 1. The van der Waals surface area contributed by atoms with Crippen molar-refractivity contribution in [3.8, 4) is 11.6 Å². The van der Waals surface area contributed by atoms with Gasteiger partial charge in [0.15, 0.2) is 0 Å². The van der Waals surface area contributed by atoms with Gasteiger partial charge in [-0.25, -0.2) is 13.4 Å². The summed E-state index contributed by atoms with van der Waals surface area (Å²) in [7, 11) is -3.60. The molecule has 2 heterocycles. The third kappa shape index (κ3) is 4.91. The van der Waals surface area contributed by atoms with Gasteiger partial charge in [0, 0.05) is 24.0 Å². The van der Waals surface area contributed by atoms with Crippen LogP contribution in [0.2, 0.25) is 0 Å². The molecule has 0 spiro atoms. The van der Waals surface area contributed by atoms with E-state index >= 15 is 0 Å². The molecule has 0 radical (unpaired) electrons. The third-order valence-corrected chi connectivity index (χ3v) is 6.87. The fourth-order valence-electron chi connectivity index (χ4n) is 2.79. The predicted octanol–water partition coefficient (Wildman–Crippen LogP) is 3.56. The Morgan fingerprint density at radius 3 is 2.37 bits per heavy atom. The Morgan fingerprint density at radius 2 is 1.80 bits per heavy atom. The zero-order chi connectivity index (χ0) is 21.7. The Morgan fingerprint density at radius 1 is 1.13 bits per heavy atom. The molecule has 3 rings (SSSR count). The van der Waals surface area contributed by atoms with Gasteiger partial charge in [-0.3, -0.25) is 10.1 Å². The standard InChI is InChI=1S/C19H23N5O4S2/c1-4-10-24(11-5-2)30(26,27)15-8-6-14(7-9-15)17(25)21-19-23-22-18(28-19)16-12-29-13(3)20-16/h6-9,12H,4-5,10-11H2,1-3H3,(H,21,23,25). The molecular formula is C19H23N5O4S2.